The number of aromatic hydroxyl groups is 1. The summed E-state index contributed by atoms with van der Waals surface area (Å²) >= 11 is 0. The van der Waals surface area contributed by atoms with Gasteiger partial charge in [-0.25, -0.2) is 0 Å². The van der Waals surface area contributed by atoms with E-state index in [-0.39, 0.29) is 58.9 Å². The molecule has 23 heteroatoms. The number of aliphatic hydroxyl groups excluding tert-OH is 2. The van der Waals surface area contributed by atoms with Crippen LogP contribution in [-0.2, 0) is 120 Å². The largest absolute Gasteiger partial charge is 0.506 e. The van der Waals surface area contributed by atoms with Crippen LogP contribution in [0.15, 0.2) is 188 Å². The molecule has 2 fully saturated rings. The second-order valence-electron chi connectivity index (χ2n) is 44.4. The number of hydrogen-bond acceptors (Lipinski definition) is 23. The van der Waals surface area contributed by atoms with Gasteiger partial charge in [0.1, 0.15) is 54.9 Å². The molecule has 0 radical (unpaired) electrons. The van der Waals surface area contributed by atoms with E-state index >= 15 is 0 Å². The first-order chi connectivity index (χ1) is 67.9. The van der Waals surface area contributed by atoms with Crippen LogP contribution in [0.5, 0.6) is 17.2 Å². The Morgan fingerprint density at radius 1 is 0.319 bits per heavy atom. The molecular weight excluding hydrogens is 1760 g/mol. The van der Waals surface area contributed by atoms with Crippen LogP contribution in [0.2, 0.25) is 0 Å². The fourth-order valence-corrected chi connectivity index (χ4v) is 26.4. The van der Waals surface area contributed by atoms with Gasteiger partial charge in [0, 0.05) is 169 Å². The quantitative estimate of drug-likeness (QED) is 0.0732. The summed E-state index contributed by atoms with van der Waals surface area (Å²) in [5, 5.41) is 31.2. The third-order valence-corrected chi connectivity index (χ3v) is 31.8. The van der Waals surface area contributed by atoms with Crippen molar-refractivity contribution in [3.05, 3.63) is 283 Å². The summed E-state index contributed by atoms with van der Waals surface area (Å²) < 4.78 is 41.8. The Labute approximate surface area is 837 Å². The van der Waals surface area contributed by atoms with Crippen LogP contribution in [0.25, 0.3) is 0 Å². The second-order valence-corrected chi connectivity index (χ2v) is 44.4. The van der Waals surface area contributed by atoms with Crippen LogP contribution in [0.1, 0.15) is 196 Å². The molecule has 2 spiro atoms. The number of benzene rings is 10. The lowest BCUT2D eigenvalue weighted by molar-refractivity contribution is 0.0325. The van der Waals surface area contributed by atoms with Gasteiger partial charge in [-0.2, -0.15) is 0 Å². The summed E-state index contributed by atoms with van der Waals surface area (Å²) in [6.07, 6.45) is 4.51. The van der Waals surface area contributed by atoms with Gasteiger partial charge in [0.05, 0.1) is 96.7 Å². The van der Waals surface area contributed by atoms with Crippen molar-refractivity contribution in [2.45, 2.75) is 218 Å². The predicted octanol–water partition coefficient (Wildman–Crippen LogP) is 18.9. The molecule has 0 amide bonds. The van der Waals surface area contributed by atoms with E-state index in [1.165, 1.54) is 121 Å². The van der Waals surface area contributed by atoms with Crippen LogP contribution >= 0.6 is 0 Å². The van der Waals surface area contributed by atoms with E-state index in [1.54, 1.807) is 72.9 Å². The average Bonchev–Trinajstić information content (AvgIpc) is 1.55. The Hall–Kier alpha value is -10.6. The molecule has 10 aromatic carbocycles. The van der Waals surface area contributed by atoms with Gasteiger partial charge in [-0.3, -0.25) is 14.7 Å². The highest BCUT2D eigenvalue weighted by Crippen LogP contribution is 2.65. The molecule has 750 valence electrons. The molecule has 11 aliphatic heterocycles. The van der Waals surface area contributed by atoms with Crippen molar-refractivity contribution in [2.24, 2.45) is 0 Å². The summed E-state index contributed by atoms with van der Waals surface area (Å²) in [7, 11) is 13.0. The van der Waals surface area contributed by atoms with Crippen molar-refractivity contribution in [2.75, 3.05) is 206 Å². The minimum Gasteiger partial charge on any atom is -0.506 e. The van der Waals surface area contributed by atoms with Crippen LogP contribution in [-0.4, -0.2) is 217 Å². The highest BCUT2D eigenvalue weighted by Gasteiger charge is 2.58. The summed E-state index contributed by atoms with van der Waals surface area (Å²) in [5.74, 6) is 2.17. The molecule has 11 heterocycles. The zero-order valence-electron chi connectivity index (χ0n) is 86.9. The number of aliphatic hydroxyl groups is 2. The Morgan fingerprint density at radius 3 is 0.879 bits per heavy atom. The van der Waals surface area contributed by atoms with E-state index in [0.717, 1.165) is 162 Å². The number of epoxide rings is 2. The first-order valence-corrected chi connectivity index (χ1v) is 51.4. The maximum atomic E-state index is 10.8. The molecule has 4 atom stereocenters. The number of ether oxygens (including phenoxy) is 8. The normalized spacial score (nSPS) is 20.9. The minimum atomic E-state index is -0.645. The molecule has 25 rings (SSSR count). The van der Waals surface area contributed by atoms with E-state index in [4.69, 9.17) is 37.9 Å². The second kappa shape index (κ2) is 40.5. The van der Waals surface area contributed by atoms with Crippen LogP contribution in [0, 0.1) is 0 Å². The zero-order valence-corrected chi connectivity index (χ0v) is 86.9. The number of fused-ring (bicyclic) bond motifs is 32. The van der Waals surface area contributed by atoms with E-state index < -0.39 is 12.2 Å². The number of para-hydroxylation sites is 3. The standard InChI is InChI=1S/2C24H32N4O3.2C21H24.C20H24N4O.2C4H8O2/c2*1-4-26-15-25(2)10-18-9-22(31-14-19(29)13-30-3)24-20(23(18)26)12-27-16-28(24)11-17-7-5-6-8-21(17)27;2*1-19(2)13-21(17-11-7-5-9-15(17)19)14-20(3,4)16-10-6-8-12-18(16)21;1-3-22-12-21(2)9-15-8-18(25)20-16(19(15)22)11-23-13-24(20)10-14-6-4-5-7-17(14)23;2*1-5-2-4-3-6-4/h2*5-9,19,29H,4,10-16H2,1-3H3;2*5-12H,13-14H2,1-4H3;4-8,25H,3,9-13H2,1-2H3;2*4H,2-3H2,1H3. The fraction of sp³-hybridized carbons (Fsp3) is 0.492. The van der Waals surface area contributed by atoms with Crippen LogP contribution < -0.4 is 53.6 Å². The lowest BCUT2D eigenvalue weighted by atomic mass is 9.72. The molecule has 2 saturated heterocycles. The van der Waals surface area contributed by atoms with Crippen molar-refractivity contribution in [1.29, 1.82) is 0 Å². The highest BCUT2D eigenvalue weighted by atomic mass is 16.6. The molecule has 23 nitrogen and oxygen atoms in total. The molecule has 15 aliphatic rings. The molecule has 4 aliphatic carbocycles. The van der Waals surface area contributed by atoms with E-state index in [9.17, 15) is 15.3 Å². The SMILES string of the molecule is CC1(C)CC2(CC(C)(C)c3ccccc32)c2ccccc21.CC1(C)CC2(CC(C)(C)c3ccccc32)c2ccccc21.CCN1CN(C)Cc2cc(O)c3c(c21)CN1CN3Cc2ccccc21.CCN1CN(C)Cc2cc(OCC(O)COC)c3c(c21)CN1CN3Cc2ccccc21.CCN1CN(C)Cc2cc(OCC(O)COC)c3c(c21)CN1CN3Cc2ccccc21.COCC1CO1.COCC1CO1. The first kappa shape index (κ1) is 99.1. The smallest absolute Gasteiger partial charge is 0.143 e. The van der Waals surface area contributed by atoms with Crippen molar-refractivity contribution < 1.29 is 53.2 Å². The lowest BCUT2D eigenvalue weighted by Crippen LogP contribution is -2.48. The van der Waals surface area contributed by atoms with Gasteiger partial charge in [-0.15, -0.1) is 0 Å². The third-order valence-electron chi connectivity index (χ3n) is 31.8. The van der Waals surface area contributed by atoms with Gasteiger partial charge < -0.3 is 97.3 Å². The van der Waals surface area contributed by atoms with Crippen molar-refractivity contribution in [3.63, 3.8) is 0 Å². The maximum Gasteiger partial charge on any atom is 0.143 e. The Bertz CT molecular complexity index is 5730. The van der Waals surface area contributed by atoms with Gasteiger partial charge >= 0.3 is 0 Å². The number of phenolic OH excluding ortho intramolecular Hbond substituents is 1. The van der Waals surface area contributed by atoms with Crippen molar-refractivity contribution >= 4 is 51.2 Å². The van der Waals surface area contributed by atoms with Gasteiger partial charge in [-0.1, -0.05) is 207 Å². The van der Waals surface area contributed by atoms with E-state index in [1.807, 2.05) is 6.07 Å². The number of hydrogen-bond donors (Lipinski definition) is 3. The Morgan fingerprint density at radius 2 is 0.596 bits per heavy atom. The third kappa shape index (κ3) is 19.5. The number of methoxy groups -OCH3 is 4. The van der Waals surface area contributed by atoms with Gasteiger partial charge in [0.25, 0.3) is 0 Å². The average molecular weight is 1910 g/mol. The summed E-state index contributed by atoms with van der Waals surface area (Å²) in [5.41, 5.74) is 37.3. The number of nitrogens with zero attached hydrogens (tertiary/aromatic N) is 12. The van der Waals surface area contributed by atoms with E-state index in [0.29, 0.717) is 18.0 Å². The van der Waals surface area contributed by atoms with Crippen LogP contribution in [0.4, 0.5) is 51.2 Å². The van der Waals surface area contributed by atoms with Gasteiger partial charge in [-0.05, 0) is 204 Å². The zero-order chi connectivity index (χ0) is 98.8. The first-order valence-electron chi connectivity index (χ1n) is 51.4. The van der Waals surface area contributed by atoms with Gasteiger partial charge in [0.15, 0.2) is 0 Å². The molecule has 141 heavy (non-hydrogen) atoms. The minimum absolute atomic E-state index is 0.222. The van der Waals surface area contributed by atoms with E-state index in [2.05, 4.69) is 338 Å². The predicted molar refractivity (Wildman–Crippen MR) is 568 cm³/mol. The van der Waals surface area contributed by atoms with Gasteiger partial charge in [0.2, 0.25) is 0 Å². The molecule has 0 saturated carbocycles. The van der Waals surface area contributed by atoms with Crippen molar-refractivity contribution in [1.82, 2.24) is 14.7 Å². The fourth-order valence-electron chi connectivity index (χ4n) is 26.4. The molecule has 3 N–H and O–H groups in total. The molecule has 0 aromatic heterocycles. The molecule has 6 bridgehead atoms. The topological polar surface area (TPSA) is 180 Å². The number of anilines is 9. The summed E-state index contributed by atoms with van der Waals surface area (Å²) in [6.45, 7) is 46.4. The molecule has 4 unspecified atom stereocenters. The highest BCUT2D eigenvalue weighted by molar-refractivity contribution is 5.85. The number of rotatable bonds is 17. The Kier molecular flexibility index (Phi) is 28.5. The Balaban J connectivity index is 0.000000109. The summed E-state index contributed by atoms with van der Waals surface area (Å²) in [4.78, 5) is 28.9. The summed E-state index contributed by atoms with van der Waals surface area (Å²) in [6, 6.07) is 69.0. The lowest BCUT2D eigenvalue weighted by Gasteiger charge is -2.48. The molecule has 10 aromatic rings. The van der Waals surface area contributed by atoms with Crippen LogP contribution in [0.3, 0.4) is 0 Å². The van der Waals surface area contributed by atoms with Crippen molar-refractivity contribution in [3.8, 4) is 17.2 Å². The molecular formula is C118H152N12O11. The number of phenols is 1. The maximum absolute atomic E-state index is 10.8. The monoisotopic (exact) mass is 1910 g/mol.